The largest absolute Gasteiger partial charge is 0.493 e. The Morgan fingerprint density at radius 1 is 1.00 bits per heavy atom. The highest BCUT2D eigenvalue weighted by molar-refractivity contribution is 5.79. The highest BCUT2D eigenvalue weighted by Crippen LogP contribution is 2.28. The number of nitrogens with one attached hydrogen (secondary N) is 2. The zero-order valence-corrected chi connectivity index (χ0v) is 19.2. The zero-order valence-electron chi connectivity index (χ0n) is 19.2. The molecule has 6 nitrogen and oxygen atoms in total. The van der Waals surface area contributed by atoms with Crippen molar-refractivity contribution in [1.29, 1.82) is 0 Å². The molecular weight excluding hydrogens is 364 g/mol. The molecule has 0 saturated carbocycles. The van der Waals surface area contributed by atoms with E-state index in [0.717, 1.165) is 69.4 Å². The first-order valence-corrected chi connectivity index (χ1v) is 11.2. The van der Waals surface area contributed by atoms with Crippen LogP contribution < -0.4 is 20.1 Å². The van der Waals surface area contributed by atoms with Crippen molar-refractivity contribution >= 4 is 5.96 Å². The second-order valence-corrected chi connectivity index (χ2v) is 6.94. The van der Waals surface area contributed by atoms with Crippen LogP contribution in [0.25, 0.3) is 0 Å². The Hall–Kier alpha value is -1.95. The molecule has 0 bridgehead atoms. The fourth-order valence-corrected chi connectivity index (χ4v) is 3.17. The lowest BCUT2D eigenvalue weighted by molar-refractivity contribution is 0.297. The molecule has 1 rings (SSSR count). The summed E-state index contributed by atoms with van der Waals surface area (Å²) in [5.74, 6) is 2.52. The van der Waals surface area contributed by atoms with E-state index in [9.17, 15) is 0 Å². The quantitative estimate of drug-likeness (QED) is 0.264. The summed E-state index contributed by atoms with van der Waals surface area (Å²) in [6.45, 7) is 15.2. The van der Waals surface area contributed by atoms with E-state index in [-0.39, 0.29) is 0 Å². The molecule has 0 aliphatic carbocycles. The molecule has 0 spiro atoms. The average Bonchev–Trinajstić information content (AvgIpc) is 2.74. The summed E-state index contributed by atoms with van der Waals surface area (Å²) in [7, 11) is 1.67. The van der Waals surface area contributed by atoms with E-state index in [4.69, 9.17) is 14.5 Å². The van der Waals surface area contributed by atoms with Crippen LogP contribution in [0.2, 0.25) is 0 Å². The lowest BCUT2D eigenvalue weighted by Gasteiger charge is -2.18. The third-order valence-electron chi connectivity index (χ3n) is 4.85. The number of methoxy groups -OCH3 is 1. The predicted octanol–water partition coefficient (Wildman–Crippen LogP) is 3.70. The van der Waals surface area contributed by atoms with Gasteiger partial charge in [0.15, 0.2) is 17.5 Å². The minimum absolute atomic E-state index is 0.636. The second-order valence-electron chi connectivity index (χ2n) is 6.94. The third kappa shape index (κ3) is 10.4. The Kier molecular flexibility index (Phi) is 13.8. The normalized spacial score (nSPS) is 11.6. The van der Waals surface area contributed by atoms with E-state index in [1.807, 2.05) is 13.0 Å². The number of guanidine groups is 1. The van der Waals surface area contributed by atoms with Crippen molar-refractivity contribution in [3.63, 3.8) is 0 Å². The third-order valence-corrected chi connectivity index (χ3v) is 4.85. The van der Waals surface area contributed by atoms with Crippen LogP contribution in [0.4, 0.5) is 0 Å². The van der Waals surface area contributed by atoms with Gasteiger partial charge in [-0.1, -0.05) is 19.9 Å². The first kappa shape index (κ1) is 25.1. The van der Waals surface area contributed by atoms with Crippen LogP contribution in [0.3, 0.4) is 0 Å². The van der Waals surface area contributed by atoms with Crippen LogP contribution >= 0.6 is 0 Å². The van der Waals surface area contributed by atoms with Gasteiger partial charge in [0.25, 0.3) is 0 Å². The number of aryl methyl sites for hydroxylation is 1. The Bertz CT molecular complexity index is 574. The molecule has 2 N–H and O–H groups in total. The molecule has 1 aromatic rings. The average molecular weight is 407 g/mol. The summed E-state index contributed by atoms with van der Waals surface area (Å²) in [4.78, 5) is 7.18. The highest BCUT2D eigenvalue weighted by Gasteiger charge is 2.05. The van der Waals surface area contributed by atoms with Crippen LogP contribution in [-0.4, -0.2) is 63.8 Å². The summed E-state index contributed by atoms with van der Waals surface area (Å²) in [6, 6.07) is 6.16. The van der Waals surface area contributed by atoms with Crippen LogP contribution in [0, 0.1) is 0 Å². The van der Waals surface area contributed by atoms with Gasteiger partial charge in [-0.05, 0) is 76.9 Å². The van der Waals surface area contributed by atoms with Gasteiger partial charge in [-0.3, -0.25) is 4.99 Å². The highest BCUT2D eigenvalue weighted by atomic mass is 16.5. The van der Waals surface area contributed by atoms with Crippen molar-refractivity contribution in [2.45, 2.75) is 53.4 Å². The monoisotopic (exact) mass is 406 g/mol. The first-order chi connectivity index (χ1) is 14.2. The lowest BCUT2D eigenvalue weighted by Crippen LogP contribution is -2.38. The lowest BCUT2D eigenvalue weighted by atomic mass is 10.1. The van der Waals surface area contributed by atoms with Gasteiger partial charge in [0.2, 0.25) is 0 Å². The van der Waals surface area contributed by atoms with Crippen LogP contribution in [0.5, 0.6) is 11.5 Å². The predicted molar refractivity (Wildman–Crippen MR) is 123 cm³/mol. The fraction of sp³-hybridized carbons (Fsp3) is 0.696. The summed E-state index contributed by atoms with van der Waals surface area (Å²) in [5.41, 5.74) is 1.25. The molecule has 166 valence electrons. The Balaban J connectivity index is 2.39. The van der Waals surface area contributed by atoms with E-state index in [1.54, 1.807) is 7.11 Å². The van der Waals surface area contributed by atoms with Gasteiger partial charge >= 0.3 is 0 Å². The van der Waals surface area contributed by atoms with Gasteiger partial charge < -0.3 is 25.0 Å². The van der Waals surface area contributed by atoms with Crippen molar-refractivity contribution in [3.8, 4) is 11.5 Å². The van der Waals surface area contributed by atoms with Gasteiger partial charge in [-0.25, -0.2) is 0 Å². The number of unbranched alkanes of at least 4 members (excludes halogenated alkanes) is 1. The van der Waals surface area contributed by atoms with Crippen molar-refractivity contribution in [2.75, 3.05) is 53.0 Å². The second kappa shape index (κ2) is 15.9. The maximum absolute atomic E-state index is 5.66. The topological polar surface area (TPSA) is 58.1 Å². The molecule has 0 atom stereocenters. The number of nitrogens with zero attached hydrogens (tertiary/aromatic N) is 2. The van der Waals surface area contributed by atoms with E-state index < -0.39 is 0 Å². The fourth-order valence-electron chi connectivity index (χ4n) is 3.17. The smallest absolute Gasteiger partial charge is 0.191 e. The van der Waals surface area contributed by atoms with E-state index in [0.29, 0.717) is 6.61 Å². The minimum atomic E-state index is 0.636. The molecular formula is C23H42N4O2. The molecule has 0 heterocycles. The van der Waals surface area contributed by atoms with Gasteiger partial charge in [0.05, 0.1) is 13.7 Å². The number of hydrogen-bond acceptors (Lipinski definition) is 4. The Morgan fingerprint density at radius 3 is 2.45 bits per heavy atom. The molecule has 0 aliphatic heterocycles. The molecule has 0 unspecified atom stereocenters. The van der Waals surface area contributed by atoms with Crippen LogP contribution in [0.1, 0.15) is 52.5 Å². The molecule has 0 amide bonds. The SMILES string of the molecule is CCNC(=NCCCc1ccc(OC)c(OCC)c1)NCCCCN(CC)CC. The molecule has 0 fully saturated rings. The molecule has 1 aromatic carbocycles. The zero-order chi connectivity index (χ0) is 21.3. The molecule has 0 aliphatic rings. The summed E-state index contributed by atoms with van der Waals surface area (Å²) >= 11 is 0. The Morgan fingerprint density at radius 2 is 1.79 bits per heavy atom. The summed E-state index contributed by atoms with van der Waals surface area (Å²) < 4.78 is 11.0. The number of hydrogen-bond donors (Lipinski definition) is 2. The van der Waals surface area contributed by atoms with Crippen molar-refractivity contribution in [3.05, 3.63) is 23.8 Å². The van der Waals surface area contributed by atoms with Crippen molar-refractivity contribution in [1.82, 2.24) is 15.5 Å². The van der Waals surface area contributed by atoms with Crippen LogP contribution in [-0.2, 0) is 6.42 Å². The first-order valence-electron chi connectivity index (χ1n) is 11.2. The van der Waals surface area contributed by atoms with E-state index in [2.05, 4.69) is 48.4 Å². The van der Waals surface area contributed by atoms with Crippen molar-refractivity contribution in [2.24, 2.45) is 4.99 Å². The standard InChI is InChI=1S/C23H42N4O2/c1-6-24-23(25-16-10-11-18-27(7-2)8-3)26-17-12-13-20-14-15-21(28-5)22(19-20)29-9-4/h14-15,19H,6-13,16-18H2,1-5H3,(H2,24,25,26). The van der Waals surface area contributed by atoms with Gasteiger partial charge in [-0.2, -0.15) is 0 Å². The number of aliphatic imine (C=N–C) groups is 1. The van der Waals surface area contributed by atoms with Crippen LogP contribution in [0.15, 0.2) is 23.2 Å². The summed E-state index contributed by atoms with van der Waals surface area (Å²) in [5, 5.41) is 6.79. The van der Waals surface area contributed by atoms with E-state index in [1.165, 1.54) is 18.5 Å². The Labute approximate surface area is 178 Å². The van der Waals surface area contributed by atoms with Gasteiger partial charge in [-0.15, -0.1) is 0 Å². The maximum Gasteiger partial charge on any atom is 0.191 e. The molecule has 0 radical (unpaired) electrons. The maximum atomic E-state index is 5.66. The number of ether oxygens (including phenoxy) is 2. The van der Waals surface area contributed by atoms with Gasteiger partial charge in [0.1, 0.15) is 0 Å². The minimum Gasteiger partial charge on any atom is -0.493 e. The summed E-state index contributed by atoms with van der Waals surface area (Å²) in [6.07, 6.45) is 4.34. The van der Waals surface area contributed by atoms with Gasteiger partial charge in [0, 0.05) is 19.6 Å². The number of benzene rings is 1. The molecule has 0 aromatic heterocycles. The van der Waals surface area contributed by atoms with E-state index >= 15 is 0 Å². The molecule has 0 saturated heterocycles. The van der Waals surface area contributed by atoms with Crippen molar-refractivity contribution < 1.29 is 9.47 Å². The molecule has 6 heteroatoms. The molecule has 29 heavy (non-hydrogen) atoms. The number of rotatable bonds is 15.